The standard InChI is InChI=1S/C23H34O2/c1-16-4-6-18(7-5-16)8-9-19-10-12-20(13-11-19)21-14-15-22(24)17(2)23(21)25-3/h8-9,14-16,18-20,24H,4-7,10-13H2,1-3H3/b9-8+. The Morgan fingerprint density at radius 2 is 1.48 bits per heavy atom. The van der Waals surface area contributed by atoms with Crippen molar-refractivity contribution in [2.24, 2.45) is 17.8 Å². The van der Waals surface area contributed by atoms with Gasteiger partial charge in [0, 0.05) is 5.56 Å². The van der Waals surface area contributed by atoms with E-state index in [4.69, 9.17) is 4.74 Å². The summed E-state index contributed by atoms with van der Waals surface area (Å²) in [6, 6.07) is 3.88. The van der Waals surface area contributed by atoms with Crippen LogP contribution in [0, 0.1) is 24.7 Å². The fraction of sp³-hybridized carbons (Fsp3) is 0.652. The van der Waals surface area contributed by atoms with Gasteiger partial charge in [-0.2, -0.15) is 0 Å². The minimum atomic E-state index is 0.332. The van der Waals surface area contributed by atoms with E-state index in [0.29, 0.717) is 11.7 Å². The molecule has 0 spiro atoms. The van der Waals surface area contributed by atoms with Crippen molar-refractivity contribution in [3.05, 3.63) is 35.4 Å². The highest BCUT2D eigenvalue weighted by Gasteiger charge is 2.25. The van der Waals surface area contributed by atoms with Crippen molar-refractivity contribution in [1.29, 1.82) is 0 Å². The highest BCUT2D eigenvalue weighted by atomic mass is 16.5. The summed E-state index contributed by atoms with van der Waals surface area (Å²) in [6.45, 7) is 4.33. The van der Waals surface area contributed by atoms with Crippen LogP contribution in [0.2, 0.25) is 0 Å². The number of hydrogen-bond donors (Lipinski definition) is 1. The highest BCUT2D eigenvalue weighted by Crippen LogP contribution is 2.43. The average Bonchev–Trinajstić information content (AvgIpc) is 2.64. The molecule has 0 unspecified atom stereocenters. The molecule has 2 aliphatic carbocycles. The van der Waals surface area contributed by atoms with Crippen LogP contribution in [-0.4, -0.2) is 12.2 Å². The number of phenols is 1. The average molecular weight is 343 g/mol. The molecule has 1 aromatic carbocycles. The molecule has 1 aromatic rings. The maximum Gasteiger partial charge on any atom is 0.128 e. The molecular weight excluding hydrogens is 308 g/mol. The molecule has 2 heteroatoms. The van der Waals surface area contributed by atoms with Crippen LogP contribution in [0.1, 0.15) is 75.3 Å². The molecule has 2 aliphatic rings. The predicted molar refractivity (Wildman–Crippen MR) is 104 cm³/mol. The number of hydrogen-bond acceptors (Lipinski definition) is 2. The van der Waals surface area contributed by atoms with Crippen LogP contribution in [0.15, 0.2) is 24.3 Å². The van der Waals surface area contributed by atoms with Crippen molar-refractivity contribution in [1.82, 2.24) is 0 Å². The third kappa shape index (κ3) is 4.40. The Morgan fingerprint density at radius 3 is 2.04 bits per heavy atom. The number of benzene rings is 1. The van der Waals surface area contributed by atoms with Crippen molar-refractivity contribution in [2.75, 3.05) is 7.11 Å². The fourth-order valence-electron chi connectivity index (χ4n) is 4.71. The van der Waals surface area contributed by atoms with Gasteiger partial charge in [0.2, 0.25) is 0 Å². The van der Waals surface area contributed by atoms with Crippen LogP contribution in [0.3, 0.4) is 0 Å². The van der Waals surface area contributed by atoms with Crippen LogP contribution in [0.25, 0.3) is 0 Å². The second kappa shape index (κ2) is 8.29. The molecule has 2 saturated carbocycles. The van der Waals surface area contributed by atoms with Gasteiger partial charge in [-0.1, -0.05) is 38.0 Å². The van der Waals surface area contributed by atoms with E-state index in [9.17, 15) is 5.11 Å². The quantitative estimate of drug-likeness (QED) is 0.645. The second-order valence-corrected chi connectivity index (χ2v) is 8.35. The zero-order valence-corrected chi connectivity index (χ0v) is 16.1. The first-order chi connectivity index (χ1) is 12.1. The predicted octanol–water partition coefficient (Wildman–Crippen LogP) is 6.37. The van der Waals surface area contributed by atoms with Crippen molar-refractivity contribution in [3.8, 4) is 11.5 Å². The molecule has 0 saturated heterocycles. The number of rotatable bonds is 4. The lowest BCUT2D eigenvalue weighted by atomic mass is 9.77. The maximum atomic E-state index is 9.92. The zero-order chi connectivity index (χ0) is 17.8. The normalized spacial score (nSPS) is 30.5. The van der Waals surface area contributed by atoms with Crippen LogP contribution >= 0.6 is 0 Å². The molecular formula is C23H34O2. The SMILES string of the molecule is COc1c(C2CCC(/C=C/C3CCC(C)CC3)CC2)ccc(O)c1C. The molecule has 0 bridgehead atoms. The summed E-state index contributed by atoms with van der Waals surface area (Å²) in [5.41, 5.74) is 2.15. The highest BCUT2D eigenvalue weighted by molar-refractivity contribution is 5.50. The summed E-state index contributed by atoms with van der Waals surface area (Å²) in [5.74, 6) is 4.29. The molecule has 3 rings (SSSR count). The molecule has 0 heterocycles. The molecule has 2 fully saturated rings. The molecule has 138 valence electrons. The van der Waals surface area contributed by atoms with E-state index in [0.717, 1.165) is 29.1 Å². The summed E-state index contributed by atoms with van der Waals surface area (Å²) in [7, 11) is 1.71. The third-order valence-corrected chi connectivity index (χ3v) is 6.54. The van der Waals surface area contributed by atoms with Gasteiger partial charge in [0.15, 0.2) is 0 Å². The number of ether oxygens (including phenoxy) is 1. The molecule has 25 heavy (non-hydrogen) atoms. The number of allylic oxidation sites excluding steroid dienone is 2. The zero-order valence-electron chi connectivity index (χ0n) is 16.1. The third-order valence-electron chi connectivity index (χ3n) is 6.54. The fourth-order valence-corrected chi connectivity index (χ4v) is 4.71. The van der Waals surface area contributed by atoms with Crippen molar-refractivity contribution in [3.63, 3.8) is 0 Å². The van der Waals surface area contributed by atoms with Crippen LogP contribution in [-0.2, 0) is 0 Å². The Kier molecular flexibility index (Phi) is 6.09. The van der Waals surface area contributed by atoms with Crippen molar-refractivity contribution < 1.29 is 9.84 Å². The second-order valence-electron chi connectivity index (χ2n) is 8.35. The first kappa shape index (κ1) is 18.4. The van der Waals surface area contributed by atoms with E-state index in [2.05, 4.69) is 25.1 Å². The van der Waals surface area contributed by atoms with Gasteiger partial charge in [0.1, 0.15) is 11.5 Å². The monoisotopic (exact) mass is 342 g/mol. The minimum absolute atomic E-state index is 0.332. The lowest BCUT2D eigenvalue weighted by molar-refractivity contribution is 0.325. The van der Waals surface area contributed by atoms with Crippen LogP contribution in [0.5, 0.6) is 11.5 Å². The van der Waals surface area contributed by atoms with Gasteiger partial charge in [-0.15, -0.1) is 0 Å². The molecule has 0 aromatic heterocycles. The summed E-state index contributed by atoms with van der Waals surface area (Å²) < 4.78 is 5.60. The van der Waals surface area contributed by atoms with E-state index in [1.807, 2.05) is 13.0 Å². The van der Waals surface area contributed by atoms with E-state index in [1.54, 1.807) is 7.11 Å². The van der Waals surface area contributed by atoms with Crippen molar-refractivity contribution >= 4 is 0 Å². The molecule has 0 atom stereocenters. The first-order valence-corrected chi connectivity index (χ1v) is 10.1. The summed E-state index contributed by atoms with van der Waals surface area (Å²) >= 11 is 0. The van der Waals surface area contributed by atoms with Gasteiger partial charge in [0.25, 0.3) is 0 Å². The lowest BCUT2D eigenvalue weighted by Gasteiger charge is -2.29. The van der Waals surface area contributed by atoms with Crippen LogP contribution < -0.4 is 4.74 Å². The molecule has 0 amide bonds. The molecule has 2 nitrogen and oxygen atoms in total. The Hall–Kier alpha value is -1.44. The van der Waals surface area contributed by atoms with Gasteiger partial charge in [-0.05, 0) is 80.8 Å². The number of methoxy groups -OCH3 is 1. The maximum absolute atomic E-state index is 9.92. The first-order valence-electron chi connectivity index (χ1n) is 10.1. The van der Waals surface area contributed by atoms with Gasteiger partial charge < -0.3 is 9.84 Å². The Balaban J connectivity index is 1.56. The van der Waals surface area contributed by atoms with Gasteiger partial charge in [0.05, 0.1) is 7.11 Å². The summed E-state index contributed by atoms with van der Waals surface area (Å²) in [6.07, 6.45) is 15.6. The number of aromatic hydroxyl groups is 1. The van der Waals surface area contributed by atoms with Crippen LogP contribution in [0.4, 0.5) is 0 Å². The van der Waals surface area contributed by atoms with Crippen molar-refractivity contribution in [2.45, 2.75) is 71.1 Å². The minimum Gasteiger partial charge on any atom is -0.508 e. The van der Waals surface area contributed by atoms with Gasteiger partial charge in [-0.3, -0.25) is 0 Å². The summed E-state index contributed by atoms with van der Waals surface area (Å²) in [4.78, 5) is 0. The van der Waals surface area contributed by atoms with E-state index < -0.39 is 0 Å². The lowest BCUT2D eigenvalue weighted by Crippen LogP contribution is -2.14. The van der Waals surface area contributed by atoms with E-state index >= 15 is 0 Å². The topological polar surface area (TPSA) is 29.5 Å². The number of phenolic OH excluding ortho intramolecular Hbond substituents is 1. The Bertz CT molecular complexity index is 588. The largest absolute Gasteiger partial charge is 0.508 e. The van der Waals surface area contributed by atoms with E-state index in [1.165, 1.54) is 56.9 Å². The Morgan fingerprint density at radius 1 is 0.920 bits per heavy atom. The Labute approximate surface area is 153 Å². The van der Waals surface area contributed by atoms with E-state index in [-0.39, 0.29) is 0 Å². The molecule has 0 aliphatic heterocycles. The smallest absolute Gasteiger partial charge is 0.128 e. The molecule has 0 radical (unpaired) electrons. The van der Waals surface area contributed by atoms with Gasteiger partial charge >= 0.3 is 0 Å². The molecule has 1 N–H and O–H groups in total. The summed E-state index contributed by atoms with van der Waals surface area (Å²) in [5, 5.41) is 9.92. The van der Waals surface area contributed by atoms with Gasteiger partial charge in [-0.25, -0.2) is 0 Å².